The Hall–Kier alpha value is -4.06. The van der Waals surface area contributed by atoms with E-state index in [1.807, 2.05) is 30.3 Å². The molecule has 0 unspecified atom stereocenters. The Labute approximate surface area is 234 Å². The first-order chi connectivity index (χ1) is 18.9. The minimum atomic E-state index is -1.68. The zero-order chi connectivity index (χ0) is 26.9. The van der Waals surface area contributed by atoms with Crippen LogP contribution >= 0.6 is 23.2 Å². The van der Waals surface area contributed by atoms with Gasteiger partial charge in [0.25, 0.3) is 0 Å². The van der Waals surface area contributed by atoms with Gasteiger partial charge in [0.15, 0.2) is 17.3 Å². The molecule has 0 amide bonds. The smallest absolute Gasteiger partial charge is 0.187 e. The fourth-order valence-electron chi connectivity index (χ4n) is 6.65. The summed E-state index contributed by atoms with van der Waals surface area (Å²) in [5.41, 5.74) is 1.54. The lowest BCUT2D eigenvalue weighted by atomic mass is 9.63. The number of ketones is 3. The third-order valence-electron chi connectivity index (χ3n) is 8.20. The molecule has 1 aliphatic carbocycles. The van der Waals surface area contributed by atoms with E-state index >= 15 is 0 Å². The molecule has 3 atom stereocenters. The molecule has 2 heterocycles. The highest BCUT2D eigenvalue weighted by atomic mass is 35.5. The van der Waals surface area contributed by atoms with Crippen LogP contribution in [0.15, 0.2) is 102 Å². The zero-order valence-corrected chi connectivity index (χ0v) is 21.9. The topological polar surface area (TPSA) is 66.8 Å². The second-order valence-corrected chi connectivity index (χ2v) is 10.9. The maximum Gasteiger partial charge on any atom is 0.187 e. The minimum absolute atomic E-state index is 0.249. The Morgan fingerprint density at radius 2 is 1.41 bits per heavy atom. The molecule has 0 aromatic heterocycles. The van der Waals surface area contributed by atoms with E-state index in [1.54, 1.807) is 78.0 Å². The van der Waals surface area contributed by atoms with E-state index in [0.29, 0.717) is 27.3 Å². The highest BCUT2D eigenvalue weighted by molar-refractivity contribution is 6.36. The first-order valence-corrected chi connectivity index (χ1v) is 13.3. The van der Waals surface area contributed by atoms with Crippen LogP contribution in [0.3, 0.4) is 0 Å². The molecule has 4 aromatic carbocycles. The molecule has 5 nitrogen and oxygen atoms in total. The van der Waals surface area contributed by atoms with E-state index in [4.69, 9.17) is 28.3 Å². The van der Waals surface area contributed by atoms with Gasteiger partial charge in [0.05, 0.1) is 12.3 Å². The van der Waals surface area contributed by atoms with Gasteiger partial charge in [0, 0.05) is 32.7 Å². The number of hydrazone groups is 1. The van der Waals surface area contributed by atoms with Gasteiger partial charge in [-0.1, -0.05) is 108 Å². The third kappa shape index (κ3) is 3.20. The van der Waals surface area contributed by atoms with Crippen LogP contribution in [0.25, 0.3) is 0 Å². The van der Waals surface area contributed by atoms with Gasteiger partial charge in [-0.2, -0.15) is 5.10 Å². The van der Waals surface area contributed by atoms with Crippen LogP contribution < -0.4 is 0 Å². The number of nitrogens with zero attached hydrogens (tertiary/aromatic N) is 2. The van der Waals surface area contributed by atoms with Crippen molar-refractivity contribution in [1.29, 1.82) is 0 Å². The van der Waals surface area contributed by atoms with E-state index in [2.05, 4.69) is 0 Å². The number of rotatable bonds is 3. The van der Waals surface area contributed by atoms with Gasteiger partial charge in [-0.3, -0.25) is 19.4 Å². The summed E-state index contributed by atoms with van der Waals surface area (Å²) in [6.45, 7) is 0. The molecule has 0 saturated carbocycles. The second-order valence-electron chi connectivity index (χ2n) is 10.0. The number of hydrogen-bond donors (Lipinski definition) is 0. The average Bonchev–Trinajstić information content (AvgIpc) is 3.39. The van der Waals surface area contributed by atoms with Crippen molar-refractivity contribution in [2.45, 2.75) is 18.0 Å². The lowest BCUT2D eigenvalue weighted by Crippen LogP contribution is -2.44. The molecule has 3 aliphatic rings. The van der Waals surface area contributed by atoms with Crippen LogP contribution in [0.2, 0.25) is 10.0 Å². The maximum absolute atomic E-state index is 14.7. The van der Waals surface area contributed by atoms with E-state index in [1.165, 1.54) is 0 Å². The predicted molar refractivity (Wildman–Crippen MR) is 150 cm³/mol. The average molecular weight is 551 g/mol. The molecule has 7 rings (SSSR count). The summed E-state index contributed by atoms with van der Waals surface area (Å²) >= 11 is 13.1. The fraction of sp³-hybridized carbons (Fsp3) is 0.125. The monoisotopic (exact) mass is 550 g/mol. The largest absolute Gasteiger partial charge is 0.293 e. The van der Waals surface area contributed by atoms with Crippen molar-refractivity contribution in [1.82, 2.24) is 5.01 Å². The maximum atomic E-state index is 14.7. The molecule has 1 saturated heterocycles. The van der Waals surface area contributed by atoms with E-state index in [-0.39, 0.29) is 22.4 Å². The number of benzene rings is 4. The van der Waals surface area contributed by atoms with Gasteiger partial charge in [0.2, 0.25) is 0 Å². The van der Waals surface area contributed by atoms with Crippen molar-refractivity contribution in [2.75, 3.05) is 0 Å². The summed E-state index contributed by atoms with van der Waals surface area (Å²) in [6, 6.07) is 26.5. The summed E-state index contributed by atoms with van der Waals surface area (Å²) in [7, 11) is 0. The Kier molecular flexibility index (Phi) is 5.38. The summed E-state index contributed by atoms with van der Waals surface area (Å²) in [4.78, 5) is 43.8. The molecule has 0 radical (unpaired) electrons. The van der Waals surface area contributed by atoms with Gasteiger partial charge in [-0.05, 0) is 28.8 Å². The molecule has 0 N–H and O–H groups in total. The Morgan fingerprint density at radius 1 is 0.769 bits per heavy atom. The van der Waals surface area contributed by atoms with E-state index in [9.17, 15) is 14.4 Å². The first-order valence-electron chi connectivity index (χ1n) is 12.6. The molecular formula is C32H20Cl2N2O3. The van der Waals surface area contributed by atoms with E-state index in [0.717, 1.165) is 11.1 Å². The van der Waals surface area contributed by atoms with Crippen molar-refractivity contribution in [3.63, 3.8) is 0 Å². The normalized spacial score (nSPS) is 22.1. The predicted octanol–water partition coefficient (Wildman–Crippen LogP) is 6.80. The van der Waals surface area contributed by atoms with E-state index < -0.39 is 23.4 Å². The zero-order valence-electron chi connectivity index (χ0n) is 20.4. The summed E-state index contributed by atoms with van der Waals surface area (Å²) in [6.07, 6.45) is 1.69. The lowest BCUT2D eigenvalue weighted by molar-refractivity contribution is 0.0586. The molecule has 1 fully saturated rings. The second kappa shape index (κ2) is 8.73. The van der Waals surface area contributed by atoms with Crippen molar-refractivity contribution < 1.29 is 14.4 Å². The fourth-order valence-corrected chi connectivity index (χ4v) is 7.17. The molecule has 2 aliphatic heterocycles. The Morgan fingerprint density at radius 3 is 2.10 bits per heavy atom. The quantitative estimate of drug-likeness (QED) is 0.208. The number of carbonyl (C=O) groups excluding carboxylic acids is 3. The molecular weight excluding hydrogens is 531 g/mol. The van der Waals surface area contributed by atoms with Crippen LogP contribution in [0.4, 0.5) is 0 Å². The summed E-state index contributed by atoms with van der Waals surface area (Å²) in [5, 5.41) is 7.11. The van der Waals surface area contributed by atoms with Crippen molar-refractivity contribution in [3.05, 3.63) is 140 Å². The van der Waals surface area contributed by atoms with Crippen LogP contribution in [-0.2, 0) is 0 Å². The summed E-state index contributed by atoms with van der Waals surface area (Å²) in [5.74, 6) is -1.84. The number of halogens is 2. The molecule has 39 heavy (non-hydrogen) atoms. The van der Waals surface area contributed by atoms with Gasteiger partial charge in [0.1, 0.15) is 11.5 Å². The van der Waals surface area contributed by atoms with Crippen LogP contribution in [0, 0.1) is 5.41 Å². The van der Waals surface area contributed by atoms with Crippen LogP contribution in [0.1, 0.15) is 59.7 Å². The molecule has 1 spiro atoms. The Bertz CT molecular complexity index is 1700. The summed E-state index contributed by atoms with van der Waals surface area (Å²) < 4.78 is 0. The number of fused-ring (bicyclic) bond motifs is 5. The lowest BCUT2D eigenvalue weighted by Gasteiger charge is -2.36. The number of carbonyl (C=O) groups is 3. The third-order valence-corrected chi connectivity index (χ3v) is 8.76. The SMILES string of the molecule is O=C(c1ccccc1)[C@H]1[C@H](c2ccc(Cl)cc2Cl)C2(C(=O)c3ccccc3C2=O)[C@H]2c3ccccc3C=NN12. The van der Waals surface area contributed by atoms with Gasteiger partial charge >= 0.3 is 0 Å². The number of Topliss-reactive ketones (excluding diaryl/α,β-unsaturated/α-hetero) is 3. The van der Waals surface area contributed by atoms with Crippen molar-refractivity contribution in [2.24, 2.45) is 10.5 Å². The minimum Gasteiger partial charge on any atom is -0.293 e. The Balaban J connectivity index is 1.58. The van der Waals surface area contributed by atoms with Crippen molar-refractivity contribution >= 4 is 46.8 Å². The molecule has 7 heteroatoms. The highest BCUT2D eigenvalue weighted by Gasteiger charge is 2.73. The molecule has 0 bridgehead atoms. The highest BCUT2D eigenvalue weighted by Crippen LogP contribution is 2.65. The van der Waals surface area contributed by atoms with Gasteiger partial charge in [-0.15, -0.1) is 0 Å². The van der Waals surface area contributed by atoms with Gasteiger partial charge < -0.3 is 0 Å². The molecule has 190 valence electrons. The van der Waals surface area contributed by atoms with Gasteiger partial charge in [-0.25, -0.2) is 0 Å². The first kappa shape index (κ1) is 24.0. The standard InChI is InChI=1S/C32H20Cl2N2O3/c33-20-14-15-24(25(34)16-20)26-27(28(37)18-8-2-1-3-9-18)36-29(21-11-5-4-10-19(21)17-35-36)32(26)30(38)22-12-6-7-13-23(22)31(32)39/h1-17,26-27,29H/t26-,27+,29+/m0/s1. The van der Waals surface area contributed by atoms with Crippen LogP contribution in [0.5, 0.6) is 0 Å². The van der Waals surface area contributed by atoms with Crippen LogP contribution in [-0.4, -0.2) is 34.6 Å². The number of hydrogen-bond acceptors (Lipinski definition) is 5. The molecule has 4 aromatic rings. The van der Waals surface area contributed by atoms with Crippen molar-refractivity contribution in [3.8, 4) is 0 Å².